The first-order chi connectivity index (χ1) is 12.5. The normalized spacial score (nSPS) is 16.0. The molecule has 130 valence electrons. The Bertz CT molecular complexity index is 997. The van der Waals surface area contributed by atoms with E-state index in [0.29, 0.717) is 11.4 Å². The molecule has 4 rings (SSSR count). The Morgan fingerprint density at radius 3 is 2.69 bits per heavy atom. The summed E-state index contributed by atoms with van der Waals surface area (Å²) in [5.41, 5.74) is 2.32. The van der Waals surface area contributed by atoms with E-state index in [2.05, 4.69) is 10.3 Å². The van der Waals surface area contributed by atoms with Gasteiger partial charge in [0.1, 0.15) is 11.4 Å². The van der Waals surface area contributed by atoms with E-state index in [9.17, 15) is 19.1 Å². The first-order valence-electron chi connectivity index (χ1n) is 7.99. The zero-order chi connectivity index (χ0) is 18.3. The summed E-state index contributed by atoms with van der Waals surface area (Å²) in [6.07, 6.45) is 4.92. The summed E-state index contributed by atoms with van der Waals surface area (Å²) in [5, 5.41) is 12.2. The van der Waals surface area contributed by atoms with E-state index >= 15 is 0 Å². The van der Waals surface area contributed by atoms with Gasteiger partial charge in [-0.3, -0.25) is 9.78 Å². The number of carbonyl (C=O) groups is 2. The smallest absolute Gasteiger partial charge is 0.339 e. The lowest BCUT2D eigenvalue weighted by Crippen LogP contribution is -2.25. The topological polar surface area (TPSA) is 84.2 Å². The van der Waals surface area contributed by atoms with E-state index in [4.69, 9.17) is 0 Å². The van der Waals surface area contributed by atoms with Crippen LogP contribution in [0.4, 0.5) is 10.1 Å². The van der Waals surface area contributed by atoms with Crippen LogP contribution in [0.15, 0.2) is 55.0 Å². The van der Waals surface area contributed by atoms with Crippen molar-refractivity contribution in [2.24, 2.45) is 0 Å². The van der Waals surface area contributed by atoms with E-state index < -0.39 is 5.97 Å². The van der Waals surface area contributed by atoms with Crippen LogP contribution in [0.5, 0.6) is 0 Å². The average molecular weight is 351 g/mol. The lowest BCUT2D eigenvalue weighted by Gasteiger charge is -2.26. The Balaban J connectivity index is 1.97. The molecule has 2 aromatic heterocycles. The van der Waals surface area contributed by atoms with Gasteiger partial charge in [0.05, 0.1) is 11.4 Å². The van der Waals surface area contributed by atoms with Crippen LogP contribution >= 0.6 is 0 Å². The number of nitrogens with one attached hydrogen (secondary N) is 1. The minimum absolute atomic E-state index is 0.00809. The number of rotatable bonds is 3. The maximum Gasteiger partial charge on any atom is 0.339 e. The number of nitrogens with zero attached hydrogens (tertiary/aromatic N) is 2. The number of carboxylic acids is 1. The van der Waals surface area contributed by atoms with Crippen molar-refractivity contribution in [2.45, 2.75) is 12.3 Å². The number of hydrogen-bond acceptors (Lipinski definition) is 3. The molecule has 1 amide bonds. The fraction of sp³-hybridized carbons (Fsp3) is 0.105. The largest absolute Gasteiger partial charge is 0.478 e. The molecule has 0 spiro atoms. The number of pyridine rings is 1. The molecule has 1 aliphatic rings. The Morgan fingerprint density at radius 2 is 2.04 bits per heavy atom. The van der Waals surface area contributed by atoms with E-state index in [0.717, 1.165) is 5.56 Å². The molecule has 3 aromatic rings. The van der Waals surface area contributed by atoms with E-state index in [-0.39, 0.29) is 35.3 Å². The number of carboxylic acid groups (broad SMARTS) is 1. The second-order valence-electron chi connectivity index (χ2n) is 6.05. The number of aromatic nitrogens is 2. The van der Waals surface area contributed by atoms with Crippen molar-refractivity contribution in [1.29, 1.82) is 0 Å². The summed E-state index contributed by atoms with van der Waals surface area (Å²) < 4.78 is 15.0. The summed E-state index contributed by atoms with van der Waals surface area (Å²) >= 11 is 0. The Morgan fingerprint density at radius 1 is 1.27 bits per heavy atom. The van der Waals surface area contributed by atoms with Gasteiger partial charge in [0, 0.05) is 36.6 Å². The second kappa shape index (κ2) is 6.11. The Kier molecular flexibility index (Phi) is 3.76. The first kappa shape index (κ1) is 16.0. The van der Waals surface area contributed by atoms with Crippen LogP contribution in [-0.4, -0.2) is 26.5 Å². The van der Waals surface area contributed by atoms with Crippen LogP contribution < -0.4 is 5.32 Å². The minimum Gasteiger partial charge on any atom is -0.478 e. The first-order valence-corrected chi connectivity index (χ1v) is 7.99. The maximum absolute atomic E-state index is 13.3. The highest BCUT2D eigenvalue weighted by atomic mass is 19.1. The number of anilines is 1. The summed E-state index contributed by atoms with van der Waals surface area (Å²) in [6, 6.07) is 9.37. The number of carbonyl (C=O) groups excluding carboxylic acids is 1. The maximum atomic E-state index is 13.3. The summed E-state index contributed by atoms with van der Waals surface area (Å²) in [5.74, 6) is -2.14. The third-order valence-corrected chi connectivity index (χ3v) is 4.45. The highest BCUT2D eigenvalue weighted by Gasteiger charge is 2.34. The van der Waals surface area contributed by atoms with Crippen molar-refractivity contribution < 1.29 is 19.1 Å². The van der Waals surface area contributed by atoms with Gasteiger partial charge in [0.25, 0.3) is 0 Å². The molecule has 1 aliphatic heterocycles. The predicted molar refractivity (Wildman–Crippen MR) is 92.0 cm³/mol. The lowest BCUT2D eigenvalue weighted by atomic mass is 9.89. The van der Waals surface area contributed by atoms with Crippen molar-refractivity contribution in [2.75, 3.05) is 5.32 Å². The minimum atomic E-state index is -1.14. The molecule has 0 aliphatic carbocycles. The molecule has 0 fully saturated rings. The number of benzene rings is 1. The van der Waals surface area contributed by atoms with Gasteiger partial charge in [-0.1, -0.05) is 6.07 Å². The van der Waals surface area contributed by atoms with Crippen molar-refractivity contribution in [3.63, 3.8) is 0 Å². The summed E-state index contributed by atoms with van der Waals surface area (Å²) in [6.45, 7) is 0. The monoisotopic (exact) mass is 351 g/mol. The number of hydrogen-bond donors (Lipinski definition) is 2. The fourth-order valence-corrected chi connectivity index (χ4v) is 3.30. The number of halogens is 1. The molecule has 0 saturated heterocycles. The zero-order valence-electron chi connectivity index (χ0n) is 13.5. The number of fused-ring (bicyclic) bond motifs is 1. The molecule has 0 bridgehead atoms. The molecule has 0 unspecified atom stereocenters. The van der Waals surface area contributed by atoms with Crippen molar-refractivity contribution in [1.82, 2.24) is 9.55 Å². The average Bonchev–Trinajstić information content (AvgIpc) is 3.02. The molecule has 26 heavy (non-hydrogen) atoms. The van der Waals surface area contributed by atoms with Crippen molar-refractivity contribution >= 4 is 17.6 Å². The van der Waals surface area contributed by atoms with Crippen LogP contribution in [0.2, 0.25) is 0 Å². The molecule has 7 heteroatoms. The van der Waals surface area contributed by atoms with Gasteiger partial charge in [0.15, 0.2) is 0 Å². The zero-order valence-corrected chi connectivity index (χ0v) is 13.5. The molecule has 0 radical (unpaired) electrons. The fourth-order valence-electron chi connectivity index (χ4n) is 3.30. The van der Waals surface area contributed by atoms with Crippen LogP contribution in [-0.2, 0) is 4.79 Å². The third kappa shape index (κ3) is 2.63. The molecule has 1 aromatic carbocycles. The van der Waals surface area contributed by atoms with Gasteiger partial charge in [0.2, 0.25) is 5.91 Å². The van der Waals surface area contributed by atoms with Crippen LogP contribution in [0.3, 0.4) is 0 Å². The third-order valence-electron chi connectivity index (χ3n) is 4.45. The molecule has 0 saturated carbocycles. The molecule has 3 heterocycles. The highest BCUT2D eigenvalue weighted by Crippen LogP contribution is 2.41. The molecule has 6 nitrogen and oxygen atoms in total. The van der Waals surface area contributed by atoms with Gasteiger partial charge >= 0.3 is 5.97 Å². The van der Waals surface area contributed by atoms with Crippen LogP contribution in [0, 0.1) is 5.82 Å². The van der Waals surface area contributed by atoms with Crippen LogP contribution in [0.25, 0.3) is 5.69 Å². The second-order valence-corrected chi connectivity index (χ2v) is 6.05. The standard InChI is InChI=1S/C19H14FN3O3/c20-12-3-5-13(6-4-12)23-10-15(19(25)26)17-18(23)14(8-16(24)22-17)11-2-1-7-21-9-11/h1-7,9-10,14H,8H2,(H,22,24)(H,25,26)/t14-/m0/s1. The predicted octanol–water partition coefficient (Wildman–Crippen LogP) is 3.18. The summed E-state index contributed by atoms with van der Waals surface area (Å²) in [4.78, 5) is 28.0. The van der Waals surface area contributed by atoms with Crippen molar-refractivity contribution in [3.8, 4) is 5.69 Å². The van der Waals surface area contributed by atoms with Crippen molar-refractivity contribution in [3.05, 3.63) is 77.6 Å². The van der Waals surface area contributed by atoms with E-state index in [1.54, 1.807) is 35.2 Å². The number of amides is 1. The van der Waals surface area contributed by atoms with E-state index in [1.807, 2.05) is 6.07 Å². The molecular weight excluding hydrogens is 337 g/mol. The van der Waals surface area contributed by atoms with E-state index in [1.165, 1.54) is 18.3 Å². The van der Waals surface area contributed by atoms with Crippen LogP contribution in [0.1, 0.15) is 34.0 Å². The van der Waals surface area contributed by atoms with Gasteiger partial charge in [-0.25, -0.2) is 9.18 Å². The Hall–Kier alpha value is -3.48. The van der Waals surface area contributed by atoms with Gasteiger partial charge in [-0.2, -0.15) is 0 Å². The van der Waals surface area contributed by atoms with Gasteiger partial charge in [-0.05, 0) is 35.9 Å². The quantitative estimate of drug-likeness (QED) is 0.759. The molecular formula is C19H14FN3O3. The lowest BCUT2D eigenvalue weighted by molar-refractivity contribution is -0.116. The highest BCUT2D eigenvalue weighted by molar-refractivity contribution is 6.04. The van der Waals surface area contributed by atoms with Gasteiger partial charge in [-0.15, -0.1) is 0 Å². The SMILES string of the molecule is O=C1C[C@@H](c2cccnc2)c2c(c(C(=O)O)cn2-c2ccc(F)cc2)N1. The summed E-state index contributed by atoms with van der Waals surface area (Å²) in [7, 11) is 0. The Labute approximate surface area is 147 Å². The number of aromatic carboxylic acids is 1. The molecule has 1 atom stereocenters. The molecule has 2 N–H and O–H groups in total. The van der Waals surface area contributed by atoms with Gasteiger partial charge < -0.3 is 15.0 Å².